The molecule has 3 aromatic rings. The first-order valence-corrected chi connectivity index (χ1v) is 8.71. The highest BCUT2D eigenvalue weighted by Gasteiger charge is 2.28. The summed E-state index contributed by atoms with van der Waals surface area (Å²) < 4.78 is 21.4. The Bertz CT molecular complexity index is 942. The maximum atomic E-state index is 12.4. The van der Waals surface area contributed by atoms with Gasteiger partial charge in [-0.1, -0.05) is 30.3 Å². The van der Waals surface area contributed by atoms with Crippen molar-refractivity contribution in [2.24, 2.45) is 0 Å². The number of fused-ring (bicyclic) bond motifs is 1. The van der Waals surface area contributed by atoms with Gasteiger partial charge in [0.05, 0.1) is 13.2 Å². The molecule has 0 N–H and O–H groups in total. The Morgan fingerprint density at radius 1 is 0.926 bits per heavy atom. The molecule has 0 aliphatic heterocycles. The van der Waals surface area contributed by atoms with Gasteiger partial charge in [0.1, 0.15) is 23.5 Å². The van der Waals surface area contributed by atoms with Gasteiger partial charge in [0, 0.05) is 5.39 Å². The first-order valence-electron chi connectivity index (χ1n) is 8.71. The molecular formula is C21H20O6. The van der Waals surface area contributed by atoms with Crippen LogP contribution in [0.4, 0.5) is 0 Å². The van der Waals surface area contributed by atoms with E-state index in [1.54, 1.807) is 32.0 Å². The molecule has 1 heterocycles. The van der Waals surface area contributed by atoms with Gasteiger partial charge >= 0.3 is 11.9 Å². The van der Waals surface area contributed by atoms with E-state index in [1.807, 2.05) is 30.3 Å². The second-order valence-electron chi connectivity index (χ2n) is 5.68. The molecule has 6 heteroatoms. The summed E-state index contributed by atoms with van der Waals surface area (Å²) in [6, 6.07) is 14.8. The monoisotopic (exact) mass is 368 g/mol. The van der Waals surface area contributed by atoms with Crippen molar-refractivity contribution < 1.29 is 28.2 Å². The highest BCUT2D eigenvalue weighted by atomic mass is 16.5. The van der Waals surface area contributed by atoms with Crippen molar-refractivity contribution in [3.63, 3.8) is 0 Å². The summed E-state index contributed by atoms with van der Waals surface area (Å²) in [6.45, 7) is 4.10. The first-order chi connectivity index (χ1) is 13.1. The summed E-state index contributed by atoms with van der Waals surface area (Å²) in [5.74, 6) is -0.957. The van der Waals surface area contributed by atoms with Crippen molar-refractivity contribution in [3.8, 4) is 5.75 Å². The van der Waals surface area contributed by atoms with E-state index in [1.165, 1.54) is 0 Å². The third-order valence-corrected chi connectivity index (χ3v) is 3.85. The molecule has 0 saturated carbocycles. The largest absolute Gasteiger partial charge is 0.489 e. The Morgan fingerprint density at radius 2 is 1.63 bits per heavy atom. The molecule has 0 bridgehead atoms. The number of esters is 2. The number of hydrogen-bond donors (Lipinski definition) is 0. The van der Waals surface area contributed by atoms with E-state index >= 15 is 0 Å². The summed E-state index contributed by atoms with van der Waals surface area (Å²) in [7, 11) is 0. The van der Waals surface area contributed by atoms with Crippen LogP contribution in [0.15, 0.2) is 52.9 Å². The fraction of sp³-hybridized carbons (Fsp3) is 0.238. The van der Waals surface area contributed by atoms with Gasteiger partial charge in [0.2, 0.25) is 5.76 Å². The minimum atomic E-state index is -0.705. The highest BCUT2D eigenvalue weighted by molar-refractivity contribution is 6.11. The molecule has 0 fully saturated rings. The van der Waals surface area contributed by atoms with Gasteiger partial charge in [-0.2, -0.15) is 0 Å². The Labute approximate surface area is 156 Å². The van der Waals surface area contributed by atoms with Gasteiger partial charge in [-0.3, -0.25) is 0 Å². The van der Waals surface area contributed by atoms with E-state index in [9.17, 15) is 9.59 Å². The molecule has 2 aromatic carbocycles. The highest BCUT2D eigenvalue weighted by Crippen LogP contribution is 2.31. The van der Waals surface area contributed by atoms with Crippen molar-refractivity contribution in [2.45, 2.75) is 20.5 Å². The van der Waals surface area contributed by atoms with E-state index in [0.717, 1.165) is 5.56 Å². The van der Waals surface area contributed by atoms with Gasteiger partial charge in [-0.25, -0.2) is 9.59 Å². The van der Waals surface area contributed by atoms with Gasteiger partial charge in [0.15, 0.2) is 0 Å². The minimum Gasteiger partial charge on any atom is -0.489 e. The fourth-order valence-corrected chi connectivity index (χ4v) is 2.65. The van der Waals surface area contributed by atoms with Crippen LogP contribution in [-0.2, 0) is 16.1 Å². The Kier molecular flexibility index (Phi) is 5.76. The fourth-order valence-electron chi connectivity index (χ4n) is 2.65. The topological polar surface area (TPSA) is 75.0 Å². The lowest BCUT2D eigenvalue weighted by Crippen LogP contribution is -2.12. The van der Waals surface area contributed by atoms with Crippen LogP contribution in [0.3, 0.4) is 0 Å². The van der Waals surface area contributed by atoms with Crippen LogP contribution in [0.5, 0.6) is 5.75 Å². The van der Waals surface area contributed by atoms with Crippen molar-refractivity contribution in [3.05, 3.63) is 65.4 Å². The van der Waals surface area contributed by atoms with Crippen LogP contribution in [0, 0.1) is 0 Å². The van der Waals surface area contributed by atoms with E-state index < -0.39 is 11.9 Å². The zero-order valence-corrected chi connectivity index (χ0v) is 15.2. The van der Waals surface area contributed by atoms with E-state index in [2.05, 4.69) is 0 Å². The molecular weight excluding hydrogens is 348 g/mol. The van der Waals surface area contributed by atoms with Gasteiger partial charge in [0.25, 0.3) is 0 Å². The van der Waals surface area contributed by atoms with E-state index in [4.69, 9.17) is 18.6 Å². The molecule has 0 unspecified atom stereocenters. The molecule has 6 nitrogen and oxygen atoms in total. The number of carbonyl (C=O) groups excluding carboxylic acids is 2. The van der Waals surface area contributed by atoms with Crippen LogP contribution in [0.25, 0.3) is 11.0 Å². The van der Waals surface area contributed by atoms with Gasteiger partial charge < -0.3 is 18.6 Å². The number of hydrogen-bond acceptors (Lipinski definition) is 6. The van der Waals surface area contributed by atoms with Crippen molar-refractivity contribution in [2.75, 3.05) is 13.2 Å². The average molecular weight is 368 g/mol. The normalized spacial score (nSPS) is 10.6. The number of benzene rings is 2. The summed E-state index contributed by atoms with van der Waals surface area (Å²) in [6.07, 6.45) is 0. The third-order valence-electron chi connectivity index (χ3n) is 3.85. The predicted octanol–water partition coefficient (Wildman–Crippen LogP) is 4.37. The smallest absolute Gasteiger partial charge is 0.375 e. The minimum absolute atomic E-state index is 0.0514. The molecule has 27 heavy (non-hydrogen) atoms. The van der Waals surface area contributed by atoms with Crippen LogP contribution < -0.4 is 4.74 Å². The van der Waals surface area contributed by atoms with Gasteiger partial charge in [-0.15, -0.1) is 0 Å². The van der Waals surface area contributed by atoms with Gasteiger partial charge in [-0.05, 0) is 37.6 Å². The molecule has 0 aliphatic rings. The molecule has 0 atom stereocenters. The first kappa shape index (κ1) is 18.5. The van der Waals surface area contributed by atoms with E-state index in [-0.39, 0.29) is 24.5 Å². The number of furan rings is 1. The SMILES string of the molecule is CCOC(=O)c1oc2ccc(OCc3ccccc3)cc2c1C(=O)OCC. The predicted molar refractivity (Wildman–Crippen MR) is 98.9 cm³/mol. The Morgan fingerprint density at radius 3 is 2.33 bits per heavy atom. The second kappa shape index (κ2) is 8.40. The van der Waals surface area contributed by atoms with Crippen molar-refractivity contribution in [1.82, 2.24) is 0 Å². The third kappa shape index (κ3) is 4.11. The summed E-state index contributed by atoms with van der Waals surface area (Å²) in [4.78, 5) is 24.6. The number of carbonyl (C=O) groups is 2. The lowest BCUT2D eigenvalue weighted by molar-refractivity contribution is 0.0454. The molecule has 140 valence electrons. The summed E-state index contributed by atoms with van der Waals surface area (Å²) in [5.41, 5.74) is 1.45. The standard InChI is InChI=1S/C21H20O6/c1-3-24-20(22)18-16-12-15(26-13-14-8-6-5-7-9-14)10-11-17(16)27-19(18)21(23)25-4-2/h5-12H,3-4,13H2,1-2H3. The number of rotatable bonds is 7. The van der Waals surface area contributed by atoms with Crippen molar-refractivity contribution >= 4 is 22.9 Å². The lowest BCUT2D eigenvalue weighted by atomic mass is 10.1. The van der Waals surface area contributed by atoms with E-state index in [0.29, 0.717) is 23.3 Å². The molecule has 0 spiro atoms. The van der Waals surface area contributed by atoms with Crippen LogP contribution >= 0.6 is 0 Å². The maximum Gasteiger partial charge on any atom is 0.375 e. The second-order valence-corrected chi connectivity index (χ2v) is 5.68. The number of ether oxygens (including phenoxy) is 3. The molecule has 0 amide bonds. The molecule has 0 radical (unpaired) electrons. The Balaban J connectivity index is 1.96. The molecule has 0 aliphatic carbocycles. The maximum absolute atomic E-state index is 12.4. The lowest BCUT2D eigenvalue weighted by Gasteiger charge is -2.06. The zero-order chi connectivity index (χ0) is 19.2. The molecule has 1 aromatic heterocycles. The quantitative estimate of drug-likeness (QED) is 0.577. The average Bonchev–Trinajstić information content (AvgIpc) is 3.06. The summed E-state index contributed by atoms with van der Waals surface area (Å²) in [5, 5.41) is 0.446. The van der Waals surface area contributed by atoms with Crippen LogP contribution in [-0.4, -0.2) is 25.2 Å². The Hall–Kier alpha value is -3.28. The van der Waals surface area contributed by atoms with Crippen LogP contribution in [0.2, 0.25) is 0 Å². The van der Waals surface area contributed by atoms with Crippen molar-refractivity contribution in [1.29, 1.82) is 0 Å². The van der Waals surface area contributed by atoms with Crippen LogP contribution in [0.1, 0.15) is 40.3 Å². The summed E-state index contributed by atoms with van der Waals surface area (Å²) >= 11 is 0. The molecule has 0 saturated heterocycles. The molecule has 3 rings (SSSR count). The zero-order valence-electron chi connectivity index (χ0n) is 15.2.